The summed E-state index contributed by atoms with van der Waals surface area (Å²) in [6.45, 7) is 6.65. The number of nitrogens with zero attached hydrogens (tertiary/aromatic N) is 2. The minimum Gasteiger partial charge on any atom is -0.457 e. The largest absolute Gasteiger partial charge is 0.457 e. The molecule has 0 unspecified atom stereocenters. The topological polar surface area (TPSA) is 181 Å². The Morgan fingerprint density at radius 2 is 0.955 bits per heavy atom. The first-order valence-electron chi connectivity index (χ1n) is 19.9. The third-order valence-electron chi connectivity index (χ3n) is 10.5. The summed E-state index contributed by atoms with van der Waals surface area (Å²) in [7, 11) is 0. The lowest BCUT2D eigenvalue weighted by molar-refractivity contribution is -0.376. The summed E-state index contributed by atoms with van der Waals surface area (Å²) in [5, 5.41) is 20.9. The van der Waals surface area contributed by atoms with Gasteiger partial charge in [0.15, 0.2) is 0 Å². The van der Waals surface area contributed by atoms with Gasteiger partial charge in [-0.25, -0.2) is 19.6 Å². The number of nitrogens with one attached hydrogen (secondary N) is 4. The zero-order chi connectivity index (χ0) is 47.6. The lowest BCUT2D eigenvalue weighted by atomic mass is 9.87. The molecule has 66 heavy (non-hydrogen) atoms. The summed E-state index contributed by atoms with van der Waals surface area (Å²) >= 11 is 0. The van der Waals surface area contributed by atoms with Crippen molar-refractivity contribution in [3.8, 4) is 0 Å². The molecule has 0 bridgehead atoms. The van der Waals surface area contributed by atoms with E-state index in [1.165, 1.54) is 23.9 Å². The SMILES string of the molecule is CC(C)(C)c1ccc(NC(=O)c2cccnc2Nc2cccc3c2COC3=O)cc1.O=C(Nc1ccc(C(O)(C(F)(F)F)C(F)(F)F)cc1)c1cccnc1Nc1cccc2c1COC2=O. The summed E-state index contributed by atoms with van der Waals surface area (Å²) < 4.78 is 88.5. The zero-order valence-electron chi connectivity index (χ0n) is 35.0. The molecule has 0 radical (unpaired) electrons. The van der Waals surface area contributed by atoms with Crippen molar-refractivity contribution >= 4 is 58.1 Å². The van der Waals surface area contributed by atoms with E-state index in [4.69, 9.17) is 9.47 Å². The van der Waals surface area contributed by atoms with Gasteiger partial charge in [-0.2, -0.15) is 26.3 Å². The molecule has 5 N–H and O–H groups in total. The Balaban J connectivity index is 0.000000199. The zero-order valence-corrected chi connectivity index (χ0v) is 35.0. The molecule has 0 saturated carbocycles. The fourth-order valence-electron chi connectivity index (χ4n) is 6.90. The Bertz CT molecular complexity index is 2810. The van der Waals surface area contributed by atoms with Crippen molar-refractivity contribution in [2.24, 2.45) is 0 Å². The van der Waals surface area contributed by atoms with E-state index in [9.17, 15) is 50.6 Å². The van der Waals surface area contributed by atoms with Crippen LogP contribution >= 0.6 is 0 Å². The second-order valence-electron chi connectivity index (χ2n) is 15.9. The average Bonchev–Trinajstić information content (AvgIpc) is 3.85. The van der Waals surface area contributed by atoms with Crippen LogP contribution in [0.2, 0.25) is 0 Å². The van der Waals surface area contributed by atoms with E-state index in [1.807, 2.05) is 30.3 Å². The molecule has 4 heterocycles. The van der Waals surface area contributed by atoms with Crippen molar-refractivity contribution in [2.45, 2.75) is 57.4 Å². The van der Waals surface area contributed by atoms with Crippen LogP contribution in [0.1, 0.15) is 84.5 Å². The molecule has 2 amide bonds. The van der Waals surface area contributed by atoms with Crippen molar-refractivity contribution in [3.63, 3.8) is 0 Å². The van der Waals surface area contributed by atoms with Crippen LogP contribution in [0, 0.1) is 0 Å². The van der Waals surface area contributed by atoms with Crippen molar-refractivity contribution in [1.82, 2.24) is 9.97 Å². The molecular weight excluding hydrogens is 875 g/mol. The average molecular weight is 913 g/mol. The number of halogens is 6. The number of aromatic nitrogens is 2. The number of benzene rings is 4. The fraction of sp³-hybridized carbons (Fsp3) is 0.191. The standard InChI is InChI=1S/C24H23N3O3.C23H15F6N3O4/c1-24(2,3)15-9-11-16(12-10-15)26-22(28)18-7-5-13-25-21(18)27-20-8-4-6-17-19(20)14-30-23(17)29;24-22(25,26)21(35,23(27,28)29)12-6-8-13(9-7-12)31-19(33)15-4-2-10-30-18(15)32-17-5-1-3-14-16(17)11-36-20(14)34/h4-13H,14H2,1-3H3,(H,25,27)(H,26,28);1-10,35H,11H2,(H,30,32)(H,31,33). The van der Waals surface area contributed by atoms with Gasteiger partial charge in [-0.1, -0.05) is 57.2 Å². The molecule has 19 heteroatoms. The summed E-state index contributed by atoms with van der Waals surface area (Å²) in [5.74, 6) is -1.41. The van der Waals surface area contributed by atoms with Crippen LogP contribution in [0.25, 0.3) is 0 Å². The lowest BCUT2D eigenvalue weighted by Gasteiger charge is -2.32. The molecule has 0 aliphatic carbocycles. The molecule has 2 aliphatic heterocycles. The Kier molecular flexibility index (Phi) is 12.6. The molecule has 0 spiro atoms. The lowest BCUT2D eigenvalue weighted by Crippen LogP contribution is -2.53. The number of alkyl halides is 6. The number of esters is 2. The molecule has 2 aliphatic rings. The highest BCUT2D eigenvalue weighted by Gasteiger charge is 2.71. The maximum Gasteiger partial charge on any atom is 0.430 e. The van der Waals surface area contributed by atoms with Gasteiger partial charge in [-0.05, 0) is 83.8 Å². The number of cyclic esters (lactones) is 2. The first-order chi connectivity index (χ1) is 31.2. The first-order valence-corrected chi connectivity index (χ1v) is 19.9. The van der Waals surface area contributed by atoms with E-state index in [2.05, 4.69) is 52.0 Å². The molecule has 2 aromatic heterocycles. The normalized spacial score (nSPS) is 13.3. The molecule has 6 aromatic rings. The maximum absolute atomic E-state index is 13.1. The number of ether oxygens (including phenoxy) is 2. The van der Waals surface area contributed by atoms with Gasteiger partial charge >= 0.3 is 24.3 Å². The number of aliphatic hydroxyl groups is 1. The minimum atomic E-state index is -6.03. The monoisotopic (exact) mass is 912 g/mol. The van der Waals surface area contributed by atoms with Crippen molar-refractivity contribution in [3.05, 3.63) is 166 Å². The minimum absolute atomic E-state index is 0.00786. The Morgan fingerprint density at radius 1 is 0.561 bits per heavy atom. The second kappa shape index (κ2) is 18.0. The van der Waals surface area contributed by atoms with Gasteiger partial charge in [0.2, 0.25) is 0 Å². The quantitative estimate of drug-likeness (QED) is 0.0688. The van der Waals surface area contributed by atoms with Crippen molar-refractivity contribution in [2.75, 3.05) is 21.3 Å². The van der Waals surface area contributed by atoms with Crippen LogP contribution in [0.3, 0.4) is 0 Å². The molecule has 0 fully saturated rings. The van der Waals surface area contributed by atoms with E-state index >= 15 is 0 Å². The van der Waals surface area contributed by atoms with E-state index in [0.29, 0.717) is 57.3 Å². The molecule has 8 rings (SSSR count). The van der Waals surface area contributed by atoms with Gasteiger partial charge in [0.05, 0.1) is 22.3 Å². The Morgan fingerprint density at radius 3 is 1.33 bits per heavy atom. The van der Waals surface area contributed by atoms with Gasteiger partial charge in [0.1, 0.15) is 24.8 Å². The number of rotatable bonds is 9. The van der Waals surface area contributed by atoms with E-state index in [-0.39, 0.29) is 47.6 Å². The maximum atomic E-state index is 13.1. The highest BCUT2D eigenvalue weighted by atomic mass is 19.4. The Labute approximate surface area is 372 Å². The van der Waals surface area contributed by atoms with Crippen LogP contribution in [0.15, 0.2) is 122 Å². The van der Waals surface area contributed by atoms with Gasteiger partial charge in [0.25, 0.3) is 17.4 Å². The third-order valence-corrected chi connectivity index (χ3v) is 10.5. The summed E-state index contributed by atoms with van der Waals surface area (Å²) in [4.78, 5) is 57.8. The molecule has 0 saturated heterocycles. The molecule has 4 aromatic carbocycles. The number of hydrogen-bond acceptors (Lipinski definition) is 11. The van der Waals surface area contributed by atoms with Gasteiger partial charge in [-0.3, -0.25) is 9.59 Å². The number of hydrogen-bond donors (Lipinski definition) is 5. The number of amides is 2. The molecule has 0 atom stereocenters. The number of anilines is 6. The number of pyridine rings is 2. The van der Waals surface area contributed by atoms with Gasteiger partial charge in [0, 0.05) is 51.8 Å². The summed E-state index contributed by atoms with van der Waals surface area (Å²) in [5.41, 5.74) is -0.991. The first kappa shape index (κ1) is 46.2. The summed E-state index contributed by atoms with van der Waals surface area (Å²) in [6.07, 6.45) is -9.06. The molecule has 340 valence electrons. The van der Waals surface area contributed by atoms with Crippen molar-refractivity contribution < 1.29 is 60.1 Å². The number of carbonyl (C=O) groups is 4. The predicted octanol–water partition coefficient (Wildman–Crippen LogP) is 10.1. The van der Waals surface area contributed by atoms with Crippen LogP contribution in [-0.4, -0.2) is 51.2 Å². The van der Waals surface area contributed by atoms with Crippen LogP contribution in [0.5, 0.6) is 0 Å². The smallest absolute Gasteiger partial charge is 0.430 e. The summed E-state index contributed by atoms with van der Waals surface area (Å²) in [6, 6.07) is 26.7. The third kappa shape index (κ3) is 9.51. The molecule has 13 nitrogen and oxygen atoms in total. The van der Waals surface area contributed by atoms with Crippen LogP contribution < -0.4 is 21.3 Å². The Hall–Kier alpha value is -7.80. The van der Waals surface area contributed by atoms with Crippen molar-refractivity contribution in [1.29, 1.82) is 0 Å². The predicted molar refractivity (Wildman–Crippen MR) is 230 cm³/mol. The van der Waals surface area contributed by atoms with E-state index in [0.717, 1.165) is 17.7 Å². The molecular formula is C47H38F6N6O7. The fourth-order valence-corrected chi connectivity index (χ4v) is 6.90. The van der Waals surface area contributed by atoms with Crippen LogP contribution in [-0.2, 0) is 33.7 Å². The highest BCUT2D eigenvalue weighted by molar-refractivity contribution is 6.09. The second-order valence-corrected chi connectivity index (χ2v) is 15.9. The number of fused-ring (bicyclic) bond motifs is 2. The highest BCUT2D eigenvalue weighted by Crippen LogP contribution is 2.50. The van der Waals surface area contributed by atoms with Gasteiger partial charge in [-0.15, -0.1) is 0 Å². The van der Waals surface area contributed by atoms with Gasteiger partial charge < -0.3 is 35.8 Å². The number of carbonyl (C=O) groups excluding carboxylic acids is 4. The van der Waals surface area contributed by atoms with Crippen LogP contribution in [0.4, 0.5) is 60.7 Å². The van der Waals surface area contributed by atoms with E-state index < -0.39 is 35.4 Å². The van der Waals surface area contributed by atoms with E-state index in [1.54, 1.807) is 48.7 Å².